The Labute approximate surface area is 157 Å². The molecule has 0 saturated carbocycles. The van der Waals surface area contributed by atoms with Crippen LogP contribution in [0.1, 0.15) is 12.5 Å². The number of benzene rings is 2. The van der Waals surface area contributed by atoms with Gasteiger partial charge in [-0.2, -0.15) is 0 Å². The van der Waals surface area contributed by atoms with Gasteiger partial charge in [-0.05, 0) is 36.8 Å². The molecular formula is C19H22N2O6. The Bertz CT molecular complexity index is 748. The molecule has 0 spiro atoms. The average Bonchev–Trinajstić information content (AvgIpc) is 2.67. The number of non-ortho nitro benzene ring substituents is 1. The third-order valence-corrected chi connectivity index (χ3v) is 3.47. The molecule has 0 atom stereocenters. The number of nitro benzene ring substituents is 1. The van der Waals surface area contributed by atoms with Gasteiger partial charge in [-0.1, -0.05) is 12.1 Å². The molecular weight excluding hydrogens is 352 g/mol. The largest absolute Gasteiger partial charge is 0.484 e. The molecule has 0 aliphatic heterocycles. The molecule has 0 radical (unpaired) electrons. The van der Waals surface area contributed by atoms with Crippen LogP contribution in [-0.4, -0.2) is 37.3 Å². The summed E-state index contributed by atoms with van der Waals surface area (Å²) in [6.45, 7) is 3.87. The van der Waals surface area contributed by atoms with Gasteiger partial charge in [-0.25, -0.2) is 0 Å². The van der Waals surface area contributed by atoms with Crippen molar-refractivity contribution in [3.05, 3.63) is 64.2 Å². The Morgan fingerprint density at radius 3 is 2.56 bits per heavy atom. The van der Waals surface area contributed by atoms with Crippen LogP contribution in [0.3, 0.4) is 0 Å². The lowest BCUT2D eigenvalue weighted by molar-refractivity contribution is -0.384. The summed E-state index contributed by atoms with van der Waals surface area (Å²) >= 11 is 0. The summed E-state index contributed by atoms with van der Waals surface area (Å²) in [5, 5.41) is 13.3. The Balaban J connectivity index is 1.77. The Morgan fingerprint density at radius 1 is 1.11 bits per heavy atom. The standard InChI is InChI=1S/C19H22N2O6/c1-2-25-10-11-26-13-15-4-3-5-16(12-15)20-19(22)14-27-18-8-6-17(7-9-18)21(23)24/h3-9,12H,2,10-11,13-14H2,1H3,(H,20,22). The molecule has 8 heteroatoms. The smallest absolute Gasteiger partial charge is 0.269 e. The van der Waals surface area contributed by atoms with Crippen LogP contribution in [0, 0.1) is 10.1 Å². The number of anilines is 1. The number of ether oxygens (including phenoxy) is 3. The van der Waals surface area contributed by atoms with Crippen molar-refractivity contribution < 1.29 is 23.9 Å². The molecule has 8 nitrogen and oxygen atoms in total. The van der Waals surface area contributed by atoms with E-state index in [2.05, 4.69) is 5.32 Å². The summed E-state index contributed by atoms with van der Waals surface area (Å²) in [5.74, 6) is 0.0509. The summed E-state index contributed by atoms with van der Waals surface area (Å²) < 4.78 is 16.0. The fourth-order valence-electron chi connectivity index (χ4n) is 2.20. The van der Waals surface area contributed by atoms with E-state index in [0.717, 1.165) is 5.56 Å². The molecule has 2 aromatic rings. The highest BCUT2D eigenvalue weighted by molar-refractivity contribution is 5.91. The number of nitrogens with zero attached hydrogens (tertiary/aromatic N) is 1. The lowest BCUT2D eigenvalue weighted by Crippen LogP contribution is -2.20. The predicted molar refractivity (Wildman–Crippen MR) is 99.8 cm³/mol. The van der Waals surface area contributed by atoms with Crippen LogP contribution in [0.2, 0.25) is 0 Å². The number of carbonyl (C=O) groups is 1. The molecule has 0 aliphatic carbocycles. The van der Waals surface area contributed by atoms with Gasteiger partial charge in [0, 0.05) is 24.4 Å². The van der Waals surface area contributed by atoms with Crippen LogP contribution in [0.5, 0.6) is 5.75 Å². The van der Waals surface area contributed by atoms with Crippen molar-refractivity contribution in [2.45, 2.75) is 13.5 Å². The molecule has 2 rings (SSSR count). The maximum absolute atomic E-state index is 12.0. The lowest BCUT2D eigenvalue weighted by Gasteiger charge is -2.09. The summed E-state index contributed by atoms with van der Waals surface area (Å²) in [4.78, 5) is 22.1. The van der Waals surface area contributed by atoms with E-state index in [-0.39, 0.29) is 18.2 Å². The zero-order valence-electron chi connectivity index (χ0n) is 15.1. The van der Waals surface area contributed by atoms with Crippen molar-refractivity contribution in [2.75, 3.05) is 31.7 Å². The number of rotatable bonds is 11. The minimum Gasteiger partial charge on any atom is -0.484 e. The number of carbonyl (C=O) groups excluding carboxylic acids is 1. The highest BCUT2D eigenvalue weighted by Gasteiger charge is 2.07. The second kappa shape index (κ2) is 10.9. The van der Waals surface area contributed by atoms with E-state index in [1.165, 1.54) is 24.3 Å². The molecule has 0 saturated heterocycles. The van der Waals surface area contributed by atoms with Gasteiger partial charge in [-0.3, -0.25) is 14.9 Å². The summed E-state index contributed by atoms with van der Waals surface area (Å²) in [5.41, 5.74) is 1.53. The van der Waals surface area contributed by atoms with Crippen LogP contribution < -0.4 is 10.1 Å². The molecule has 2 aromatic carbocycles. The first-order chi connectivity index (χ1) is 13.1. The second-order valence-electron chi connectivity index (χ2n) is 5.54. The maximum Gasteiger partial charge on any atom is 0.269 e. The van der Waals surface area contributed by atoms with Crippen molar-refractivity contribution in [1.82, 2.24) is 0 Å². The summed E-state index contributed by atoms with van der Waals surface area (Å²) in [6.07, 6.45) is 0. The predicted octanol–water partition coefficient (Wildman–Crippen LogP) is 3.17. The summed E-state index contributed by atoms with van der Waals surface area (Å²) in [7, 11) is 0. The Hall–Kier alpha value is -2.97. The fraction of sp³-hybridized carbons (Fsp3) is 0.316. The molecule has 0 fully saturated rings. The van der Waals surface area contributed by atoms with E-state index in [1.807, 2.05) is 25.1 Å². The molecule has 1 amide bonds. The zero-order valence-corrected chi connectivity index (χ0v) is 15.1. The van der Waals surface area contributed by atoms with Gasteiger partial charge < -0.3 is 19.5 Å². The van der Waals surface area contributed by atoms with Crippen LogP contribution in [0.4, 0.5) is 11.4 Å². The van der Waals surface area contributed by atoms with Gasteiger partial charge in [0.1, 0.15) is 5.75 Å². The highest BCUT2D eigenvalue weighted by atomic mass is 16.6. The van der Waals surface area contributed by atoms with Crippen LogP contribution in [0.25, 0.3) is 0 Å². The number of hydrogen-bond donors (Lipinski definition) is 1. The van der Waals surface area contributed by atoms with Crippen molar-refractivity contribution >= 4 is 17.3 Å². The van der Waals surface area contributed by atoms with Gasteiger partial charge >= 0.3 is 0 Å². The zero-order chi connectivity index (χ0) is 19.5. The normalized spacial score (nSPS) is 10.4. The number of hydrogen-bond acceptors (Lipinski definition) is 6. The van der Waals surface area contributed by atoms with Crippen LogP contribution >= 0.6 is 0 Å². The van der Waals surface area contributed by atoms with Crippen molar-refractivity contribution in [2.24, 2.45) is 0 Å². The molecule has 144 valence electrons. The quantitative estimate of drug-likeness (QED) is 0.368. The van der Waals surface area contributed by atoms with E-state index in [1.54, 1.807) is 6.07 Å². The van der Waals surface area contributed by atoms with E-state index in [0.29, 0.717) is 37.9 Å². The van der Waals surface area contributed by atoms with Crippen LogP contribution in [0.15, 0.2) is 48.5 Å². The van der Waals surface area contributed by atoms with Gasteiger partial charge in [0.15, 0.2) is 6.61 Å². The molecule has 0 bridgehead atoms. The molecule has 27 heavy (non-hydrogen) atoms. The van der Waals surface area contributed by atoms with Gasteiger partial charge in [-0.15, -0.1) is 0 Å². The van der Waals surface area contributed by atoms with E-state index in [9.17, 15) is 14.9 Å². The number of amides is 1. The van der Waals surface area contributed by atoms with Crippen molar-refractivity contribution in [3.63, 3.8) is 0 Å². The van der Waals surface area contributed by atoms with Crippen molar-refractivity contribution in [3.8, 4) is 5.75 Å². The first-order valence-corrected chi connectivity index (χ1v) is 8.50. The first kappa shape index (κ1) is 20.3. The lowest BCUT2D eigenvalue weighted by atomic mass is 10.2. The molecule has 0 heterocycles. The highest BCUT2D eigenvalue weighted by Crippen LogP contribution is 2.17. The van der Waals surface area contributed by atoms with E-state index in [4.69, 9.17) is 14.2 Å². The maximum atomic E-state index is 12.0. The monoisotopic (exact) mass is 374 g/mol. The molecule has 1 N–H and O–H groups in total. The van der Waals surface area contributed by atoms with E-state index >= 15 is 0 Å². The third-order valence-electron chi connectivity index (χ3n) is 3.47. The van der Waals surface area contributed by atoms with Gasteiger partial charge in [0.05, 0.1) is 24.7 Å². The third kappa shape index (κ3) is 7.43. The Morgan fingerprint density at radius 2 is 1.85 bits per heavy atom. The van der Waals surface area contributed by atoms with Gasteiger partial charge in [0.25, 0.3) is 11.6 Å². The number of nitrogens with one attached hydrogen (secondary N) is 1. The molecule has 0 aliphatic rings. The number of nitro groups is 1. The summed E-state index contributed by atoms with van der Waals surface area (Å²) in [6, 6.07) is 12.9. The van der Waals surface area contributed by atoms with E-state index < -0.39 is 4.92 Å². The van der Waals surface area contributed by atoms with Gasteiger partial charge in [0.2, 0.25) is 0 Å². The minimum absolute atomic E-state index is 0.0351. The average molecular weight is 374 g/mol. The topological polar surface area (TPSA) is 99.9 Å². The van der Waals surface area contributed by atoms with Crippen molar-refractivity contribution in [1.29, 1.82) is 0 Å². The fourth-order valence-corrected chi connectivity index (χ4v) is 2.20. The minimum atomic E-state index is -0.496. The Kier molecular flexibility index (Phi) is 8.21. The SMILES string of the molecule is CCOCCOCc1cccc(NC(=O)COc2ccc([N+](=O)[O-])cc2)c1. The van der Waals surface area contributed by atoms with Crippen LogP contribution in [-0.2, 0) is 20.9 Å². The first-order valence-electron chi connectivity index (χ1n) is 8.50. The molecule has 0 aromatic heterocycles. The second-order valence-corrected chi connectivity index (χ2v) is 5.54. The molecule has 0 unspecified atom stereocenters.